The van der Waals surface area contributed by atoms with Crippen LogP contribution in [-0.2, 0) is 6.54 Å². The molecule has 136 valence electrons. The highest BCUT2D eigenvalue weighted by atomic mass is 16.3. The summed E-state index contributed by atoms with van der Waals surface area (Å²) in [5, 5.41) is 18.2. The summed E-state index contributed by atoms with van der Waals surface area (Å²) in [4.78, 5) is 8.42. The van der Waals surface area contributed by atoms with Crippen LogP contribution in [-0.4, -0.2) is 31.4 Å². The van der Waals surface area contributed by atoms with E-state index >= 15 is 0 Å². The fourth-order valence-corrected chi connectivity index (χ4v) is 2.77. The molecule has 0 amide bonds. The van der Waals surface area contributed by atoms with Gasteiger partial charge in [-0.05, 0) is 37.9 Å². The molecular weight excluding hydrogens is 330 g/mol. The number of aromatic hydroxyl groups is 1. The second kappa shape index (κ2) is 7.40. The van der Waals surface area contributed by atoms with Crippen molar-refractivity contribution in [2.75, 3.05) is 17.6 Å². The molecule has 3 aromatic rings. The lowest BCUT2D eigenvalue weighted by molar-refractivity contribution is 0.475. The minimum absolute atomic E-state index is 0.172. The zero-order valence-electron chi connectivity index (χ0n) is 14.7. The van der Waals surface area contributed by atoms with Gasteiger partial charge in [0.25, 0.3) is 0 Å². The first-order valence-corrected chi connectivity index (χ1v) is 8.44. The van der Waals surface area contributed by atoms with E-state index in [9.17, 15) is 5.11 Å². The highest BCUT2D eigenvalue weighted by Gasteiger charge is 2.18. The lowest BCUT2D eigenvalue weighted by Gasteiger charge is -2.11. The van der Waals surface area contributed by atoms with Crippen molar-refractivity contribution >= 4 is 28.2 Å². The van der Waals surface area contributed by atoms with Gasteiger partial charge < -0.3 is 21.9 Å². The van der Waals surface area contributed by atoms with Gasteiger partial charge in [0.1, 0.15) is 23.6 Å². The Morgan fingerprint density at radius 1 is 1.31 bits per heavy atom. The van der Waals surface area contributed by atoms with Gasteiger partial charge in [-0.25, -0.2) is 14.6 Å². The van der Waals surface area contributed by atoms with E-state index in [4.69, 9.17) is 11.5 Å². The van der Waals surface area contributed by atoms with Crippen LogP contribution in [0.15, 0.2) is 31.1 Å². The molecule has 0 fully saturated rings. The highest BCUT2D eigenvalue weighted by Crippen LogP contribution is 2.29. The lowest BCUT2D eigenvalue weighted by Crippen LogP contribution is -2.06. The molecule has 0 saturated heterocycles. The molecule has 0 aliphatic heterocycles. The first-order valence-electron chi connectivity index (χ1n) is 8.44. The fraction of sp³-hybridized carbons (Fsp3) is 0.278. The molecule has 0 aliphatic carbocycles. The van der Waals surface area contributed by atoms with E-state index in [2.05, 4.69) is 27.0 Å². The molecule has 2 aromatic heterocycles. The molecule has 0 spiro atoms. The Kier molecular flexibility index (Phi) is 5.04. The quantitative estimate of drug-likeness (QED) is 0.480. The number of phenolic OH excluding ortho intramolecular Hbond substituents is 1. The molecule has 1 aromatic carbocycles. The van der Waals surface area contributed by atoms with Crippen LogP contribution in [0.5, 0.6) is 5.75 Å². The number of anilines is 2. The molecule has 0 radical (unpaired) electrons. The number of nitrogen functional groups attached to an aromatic ring is 1. The van der Waals surface area contributed by atoms with Gasteiger partial charge in [0.15, 0.2) is 5.65 Å². The smallest absolute Gasteiger partial charge is 0.164 e. The number of nitrogens with one attached hydrogen (secondary N) is 1. The number of unbranched alkanes of at least 4 members (excludes halogenated alkanes) is 1. The van der Waals surface area contributed by atoms with Crippen LogP contribution < -0.4 is 16.8 Å². The number of aromatic nitrogens is 4. The summed E-state index contributed by atoms with van der Waals surface area (Å²) >= 11 is 0. The number of benzene rings is 1. The monoisotopic (exact) mass is 353 g/mol. The van der Waals surface area contributed by atoms with Gasteiger partial charge >= 0.3 is 0 Å². The number of nitrogens with zero attached hydrogens (tertiary/aromatic N) is 4. The average Bonchev–Trinajstić information content (AvgIpc) is 2.99. The minimum atomic E-state index is 0.172. The Morgan fingerprint density at radius 2 is 2.12 bits per heavy atom. The van der Waals surface area contributed by atoms with E-state index in [1.807, 2.05) is 13.0 Å². The normalized spacial score (nSPS) is 11.0. The number of rotatable bonds is 7. The van der Waals surface area contributed by atoms with Crippen LogP contribution in [0.3, 0.4) is 0 Å². The zero-order chi connectivity index (χ0) is 18.7. The number of hydrogen-bond donors (Lipinski definition) is 4. The van der Waals surface area contributed by atoms with Crippen molar-refractivity contribution in [2.24, 2.45) is 5.73 Å². The summed E-state index contributed by atoms with van der Waals surface area (Å²) in [6.07, 6.45) is 3.22. The van der Waals surface area contributed by atoms with Gasteiger partial charge in [-0.15, -0.1) is 0 Å². The Bertz CT molecular complexity index is 948. The Morgan fingerprint density at radius 3 is 2.88 bits per heavy atom. The van der Waals surface area contributed by atoms with Crippen molar-refractivity contribution in [3.05, 3.63) is 42.4 Å². The van der Waals surface area contributed by atoms with E-state index < -0.39 is 0 Å². The predicted molar refractivity (Wildman–Crippen MR) is 104 cm³/mol. The standard InChI is InChI=1S/C18H23N7O/c1-11-5-6-13(26)9-14(11)23-12(2)16-15-17(20)21-10-22-18(15)25(24-16)8-4-3-7-19/h5-6,9-10,23,26H,2-4,7-8,19H2,1H3,(H2,20,21,22). The van der Waals surface area contributed by atoms with Crippen molar-refractivity contribution in [3.8, 4) is 5.75 Å². The van der Waals surface area contributed by atoms with Crippen LogP contribution in [0.4, 0.5) is 11.5 Å². The molecule has 0 atom stereocenters. The molecule has 8 nitrogen and oxygen atoms in total. The molecule has 8 heteroatoms. The first-order chi connectivity index (χ1) is 12.5. The van der Waals surface area contributed by atoms with Crippen molar-refractivity contribution in [1.82, 2.24) is 19.7 Å². The maximum Gasteiger partial charge on any atom is 0.164 e. The third kappa shape index (κ3) is 3.45. The first kappa shape index (κ1) is 17.7. The Hall–Kier alpha value is -3.13. The average molecular weight is 353 g/mol. The summed E-state index contributed by atoms with van der Waals surface area (Å²) in [6.45, 7) is 7.35. The van der Waals surface area contributed by atoms with Crippen molar-refractivity contribution < 1.29 is 5.11 Å². The van der Waals surface area contributed by atoms with Crippen LogP contribution in [0.2, 0.25) is 0 Å². The van der Waals surface area contributed by atoms with Gasteiger partial charge in [0.2, 0.25) is 0 Å². The van der Waals surface area contributed by atoms with Crippen molar-refractivity contribution in [2.45, 2.75) is 26.3 Å². The molecule has 0 unspecified atom stereocenters. The number of aryl methyl sites for hydroxylation is 2. The summed E-state index contributed by atoms with van der Waals surface area (Å²) in [5.74, 6) is 0.525. The second-order valence-electron chi connectivity index (χ2n) is 6.13. The molecule has 3 rings (SSSR count). The van der Waals surface area contributed by atoms with Gasteiger partial charge in [0.05, 0.1) is 11.1 Å². The van der Waals surface area contributed by atoms with Crippen LogP contribution in [0, 0.1) is 6.92 Å². The fourth-order valence-electron chi connectivity index (χ4n) is 2.77. The summed E-state index contributed by atoms with van der Waals surface area (Å²) < 4.78 is 1.81. The number of fused-ring (bicyclic) bond motifs is 1. The Labute approximate surface area is 151 Å². The predicted octanol–water partition coefficient (Wildman–Crippen LogP) is 2.24. The molecule has 26 heavy (non-hydrogen) atoms. The maximum atomic E-state index is 9.72. The van der Waals surface area contributed by atoms with Crippen molar-refractivity contribution in [3.63, 3.8) is 0 Å². The zero-order valence-corrected chi connectivity index (χ0v) is 14.7. The van der Waals surface area contributed by atoms with E-state index in [0.29, 0.717) is 41.3 Å². The van der Waals surface area contributed by atoms with E-state index in [0.717, 1.165) is 24.1 Å². The largest absolute Gasteiger partial charge is 0.508 e. The SMILES string of the molecule is C=C(Nc1cc(O)ccc1C)c1nn(CCCCN)c2ncnc(N)c12. The maximum absolute atomic E-state index is 9.72. The number of hydrogen-bond acceptors (Lipinski definition) is 7. The third-order valence-electron chi connectivity index (χ3n) is 4.18. The summed E-state index contributed by atoms with van der Waals surface area (Å²) in [5.41, 5.74) is 15.2. The van der Waals surface area contributed by atoms with Crippen LogP contribution in [0.25, 0.3) is 16.7 Å². The van der Waals surface area contributed by atoms with Gasteiger partial charge in [-0.2, -0.15) is 5.10 Å². The van der Waals surface area contributed by atoms with E-state index in [1.165, 1.54) is 6.33 Å². The molecule has 0 saturated carbocycles. The molecule has 0 aliphatic rings. The lowest BCUT2D eigenvalue weighted by atomic mass is 10.1. The third-order valence-corrected chi connectivity index (χ3v) is 4.18. The summed E-state index contributed by atoms with van der Waals surface area (Å²) in [7, 11) is 0. The van der Waals surface area contributed by atoms with Crippen LogP contribution in [0.1, 0.15) is 24.1 Å². The minimum Gasteiger partial charge on any atom is -0.508 e. The van der Waals surface area contributed by atoms with E-state index in [1.54, 1.807) is 16.8 Å². The van der Waals surface area contributed by atoms with E-state index in [-0.39, 0.29) is 5.75 Å². The molecule has 0 bridgehead atoms. The van der Waals surface area contributed by atoms with Crippen molar-refractivity contribution in [1.29, 1.82) is 0 Å². The number of nitrogens with two attached hydrogens (primary N) is 2. The molecular formula is C18H23N7O. The molecule has 6 N–H and O–H groups in total. The topological polar surface area (TPSA) is 128 Å². The second-order valence-corrected chi connectivity index (χ2v) is 6.13. The van der Waals surface area contributed by atoms with Crippen LogP contribution >= 0.6 is 0 Å². The van der Waals surface area contributed by atoms with Gasteiger partial charge in [-0.1, -0.05) is 12.6 Å². The summed E-state index contributed by atoms with van der Waals surface area (Å²) in [6, 6.07) is 5.10. The van der Waals surface area contributed by atoms with Gasteiger partial charge in [0, 0.05) is 18.3 Å². The molecule has 2 heterocycles. The number of phenols is 1. The highest BCUT2D eigenvalue weighted by molar-refractivity contribution is 5.97. The van der Waals surface area contributed by atoms with Gasteiger partial charge in [-0.3, -0.25) is 0 Å². The Balaban J connectivity index is 1.98.